The number of methoxy groups -OCH3 is 1. The maximum Gasteiger partial charge on any atom is 0.246 e. The molecule has 2 aromatic rings. The number of anilines is 1. The van der Waals surface area contributed by atoms with Gasteiger partial charge in [-0.25, -0.2) is 0 Å². The number of likely N-dealkylation sites (N-methyl/N-ethyl adjacent to an activating group) is 1. The number of amides is 2. The number of halogens is 1. The Morgan fingerprint density at radius 1 is 1.23 bits per heavy atom. The highest BCUT2D eigenvalue weighted by Gasteiger charge is 2.11. The van der Waals surface area contributed by atoms with E-state index in [1.165, 1.54) is 11.0 Å². The van der Waals surface area contributed by atoms with E-state index in [4.69, 9.17) is 4.74 Å². The van der Waals surface area contributed by atoms with Gasteiger partial charge in [-0.1, -0.05) is 34.1 Å². The topological polar surface area (TPSA) is 58.6 Å². The van der Waals surface area contributed by atoms with Crippen molar-refractivity contribution in [3.05, 3.63) is 64.1 Å². The number of nitrogens with one attached hydrogen (secondary N) is 1. The Morgan fingerprint density at radius 3 is 2.69 bits per heavy atom. The van der Waals surface area contributed by atoms with E-state index in [9.17, 15) is 9.59 Å². The van der Waals surface area contributed by atoms with Gasteiger partial charge < -0.3 is 15.0 Å². The minimum atomic E-state index is -0.258. The van der Waals surface area contributed by atoms with Gasteiger partial charge in [0, 0.05) is 23.3 Å². The largest absolute Gasteiger partial charge is 0.497 e. The van der Waals surface area contributed by atoms with E-state index in [0.717, 1.165) is 21.3 Å². The van der Waals surface area contributed by atoms with E-state index in [2.05, 4.69) is 21.2 Å². The molecule has 0 atom stereocenters. The van der Waals surface area contributed by atoms with Crippen molar-refractivity contribution in [3.8, 4) is 5.75 Å². The summed E-state index contributed by atoms with van der Waals surface area (Å²) in [6, 6.07) is 12.9. The first-order chi connectivity index (χ1) is 12.4. The molecule has 26 heavy (non-hydrogen) atoms. The van der Waals surface area contributed by atoms with Crippen LogP contribution < -0.4 is 10.1 Å². The van der Waals surface area contributed by atoms with Gasteiger partial charge in [0.25, 0.3) is 0 Å². The zero-order valence-corrected chi connectivity index (χ0v) is 16.5. The van der Waals surface area contributed by atoms with Gasteiger partial charge in [-0.15, -0.1) is 0 Å². The summed E-state index contributed by atoms with van der Waals surface area (Å²) in [6.07, 6.45) is 3.13. The molecule has 1 N–H and O–H groups in total. The molecule has 0 aliphatic rings. The van der Waals surface area contributed by atoms with E-state index in [1.54, 1.807) is 20.2 Å². The molecule has 0 aromatic heterocycles. The Hall–Kier alpha value is -2.60. The number of nitrogens with zero attached hydrogens (tertiary/aromatic N) is 1. The average Bonchev–Trinajstić information content (AvgIpc) is 2.62. The predicted molar refractivity (Wildman–Crippen MR) is 107 cm³/mol. The third-order valence-corrected chi connectivity index (χ3v) is 4.58. The van der Waals surface area contributed by atoms with E-state index < -0.39 is 0 Å². The van der Waals surface area contributed by atoms with Crippen molar-refractivity contribution in [1.82, 2.24) is 4.90 Å². The lowest BCUT2D eigenvalue weighted by Crippen LogP contribution is -2.33. The Labute approximate surface area is 161 Å². The van der Waals surface area contributed by atoms with Gasteiger partial charge in [0.05, 0.1) is 13.7 Å². The molecule has 5 nitrogen and oxygen atoms in total. The van der Waals surface area contributed by atoms with Crippen molar-refractivity contribution in [1.29, 1.82) is 0 Å². The van der Waals surface area contributed by atoms with Crippen molar-refractivity contribution in [2.24, 2.45) is 0 Å². The molecule has 0 radical (unpaired) electrons. The molecular weight excluding hydrogens is 396 g/mol. The van der Waals surface area contributed by atoms with Crippen molar-refractivity contribution < 1.29 is 14.3 Å². The molecule has 0 aliphatic heterocycles. The van der Waals surface area contributed by atoms with Gasteiger partial charge in [0.15, 0.2) is 0 Å². The molecule has 136 valence electrons. The number of carbonyl (C=O) groups is 2. The zero-order chi connectivity index (χ0) is 19.1. The molecule has 0 fully saturated rings. The van der Waals surface area contributed by atoms with Gasteiger partial charge in [-0.2, -0.15) is 0 Å². The third kappa shape index (κ3) is 5.74. The lowest BCUT2D eigenvalue weighted by Gasteiger charge is -2.15. The standard InChI is InChI=1S/C20H21BrN2O3/c1-14-7-9-16(12-18(14)21)22-19(24)13-23(2)20(25)10-8-15-5-4-6-17(11-15)26-3/h4-12H,13H2,1-3H3,(H,22,24)/b10-8+. The van der Waals surface area contributed by atoms with Gasteiger partial charge in [-0.05, 0) is 48.4 Å². The van der Waals surface area contributed by atoms with Crippen molar-refractivity contribution in [2.75, 3.05) is 26.0 Å². The Bertz CT molecular complexity index is 834. The maximum atomic E-state index is 12.2. The molecule has 2 rings (SSSR count). The smallest absolute Gasteiger partial charge is 0.246 e. The second-order valence-electron chi connectivity index (χ2n) is 5.82. The van der Waals surface area contributed by atoms with Crippen LogP contribution in [0.1, 0.15) is 11.1 Å². The fourth-order valence-electron chi connectivity index (χ4n) is 2.20. The molecule has 0 bridgehead atoms. The van der Waals surface area contributed by atoms with Gasteiger partial charge in [-0.3, -0.25) is 9.59 Å². The zero-order valence-electron chi connectivity index (χ0n) is 15.0. The first-order valence-electron chi connectivity index (χ1n) is 8.02. The number of ether oxygens (including phenoxy) is 1. The minimum Gasteiger partial charge on any atom is -0.497 e. The Kier molecular flexibility index (Phi) is 6.97. The normalized spacial score (nSPS) is 10.6. The monoisotopic (exact) mass is 416 g/mol. The second-order valence-corrected chi connectivity index (χ2v) is 6.67. The van der Waals surface area contributed by atoms with Crippen LogP contribution in [0, 0.1) is 6.92 Å². The Morgan fingerprint density at radius 2 is 2.00 bits per heavy atom. The Balaban J connectivity index is 1.91. The number of aryl methyl sites for hydroxylation is 1. The average molecular weight is 417 g/mol. The number of benzene rings is 2. The first kappa shape index (κ1) is 19.7. The molecule has 0 spiro atoms. The van der Waals surface area contributed by atoms with Gasteiger partial charge in [0.2, 0.25) is 11.8 Å². The molecule has 0 heterocycles. The number of hydrogen-bond donors (Lipinski definition) is 1. The maximum absolute atomic E-state index is 12.2. The van der Waals surface area contributed by atoms with Crippen LogP contribution in [0.5, 0.6) is 5.75 Å². The summed E-state index contributed by atoms with van der Waals surface area (Å²) in [6.45, 7) is 1.93. The van der Waals surface area contributed by atoms with Crippen LogP contribution >= 0.6 is 15.9 Å². The number of rotatable bonds is 6. The summed E-state index contributed by atoms with van der Waals surface area (Å²) < 4.78 is 6.07. The van der Waals surface area contributed by atoms with Crippen molar-refractivity contribution in [2.45, 2.75) is 6.92 Å². The van der Waals surface area contributed by atoms with Crippen molar-refractivity contribution in [3.63, 3.8) is 0 Å². The van der Waals surface area contributed by atoms with Gasteiger partial charge in [0.1, 0.15) is 5.75 Å². The van der Waals surface area contributed by atoms with E-state index in [-0.39, 0.29) is 18.4 Å². The number of hydrogen-bond acceptors (Lipinski definition) is 3. The second kappa shape index (κ2) is 9.20. The molecule has 2 aromatic carbocycles. The summed E-state index contributed by atoms with van der Waals surface area (Å²) in [5.41, 5.74) is 2.61. The summed E-state index contributed by atoms with van der Waals surface area (Å²) in [5, 5.41) is 2.78. The SMILES string of the molecule is COc1cccc(/C=C/C(=O)N(C)CC(=O)Nc2ccc(C)c(Br)c2)c1. The molecular formula is C20H21BrN2O3. The molecule has 2 amide bonds. The van der Waals surface area contributed by atoms with Gasteiger partial charge >= 0.3 is 0 Å². The van der Waals surface area contributed by atoms with Crippen LogP contribution in [0.2, 0.25) is 0 Å². The summed E-state index contributed by atoms with van der Waals surface area (Å²) in [4.78, 5) is 25.7. The molecule has 0 unspecified atom stereocenters. The highest BCUT2D eigenvalue weighted by molar-refractivity contribution is 9.10. The fraction of sp³-hybridized carbons (Fsp3) is 0.200. The van der Waals surface area contributed by atoms with Crippen LogP contribution in [0.3, 0.4) is 0 Å². The molecule has 0 aliphatic carbocycles. The fourth-order valence-corrected chi connectivity index (χ4v) is 2.58. The minimum absolute atomic E-state index is 0.0349. The van der Waals surface area contributed by atoms with E-state index in [0.29, 0.717) is 5.69 Å². The lowest BCUT2D eigenvalue weighted by atomic mass is 10.2. The summed E-state index contributed by atoms with van der Waals surface area (Å²) in [5.74, 6) is 0.205. The highest BCUT2D eigenvalue weighted by atomic mass is 79.9. The van der Waals surface area contributed by atoms with Crippen molar-refractivity contribution >= 4 is 39.5 Å². The lowest BCUT2D eigenvalue weighted by molar-refractivity contribution is -0.129. The highest BCUT2D eigenvalue weighted by Crippen LogP contribution is 2.20. The molecule has 6 heteroatoms. The molecule has 0 saturated carbocycles. The first-order valence-corrected chi connectivity index (χ1v) is 8.81. The van der Waals surface area contributed by atoms with E-state index >= 15 is 0 Å². The van der Waals surface area contributed by atoms with Crippen LogP contribution in [0.4, 0.5) is 5.69 Å². The quantitative estimate of drug-likeness (QED) is 0.726. The summed E-state index contributed by atoms with van der Waals surface area (Å²) >= 11 is 3.43. The van der Waals surface area contributed by atoms with E-state index in [1.807, 2.05) is 49.4 Å². The summed E-state index contributed by atoms with van der Waals surface area (Å²) in [7, 11) is 3.18. The number of carbonyl (C=O) groups excluding carboxylic acids is 2. The van der Waals surface area contributed by atoms with Crippen LogP contribution in [-0.2, 0) is 9.59 Å². The predicted octanol–water partition coefficient (Wildman–Crippen LogP) is 3.88. The van der Waals surface area contributed by atoms with Crippen LogP contribution in [0.25, 0.3) is 6.08 Å². The molecule has 0 saturated heterocycles. The van der Waals surface area contributed by atoms with Crippen LogP contribution in [-0.4, -0.2) is 37.4 Å². The third-order valence-electron chi connectivity index (χ3n) is 3.72. The van der Waals surface area contributed by atoms with Crippen LogP contribution in [0.15, 0.2) is 53.0 Å².